The highest BCUT2D eigenvalue weighted by Crippen LogP contribution is 2.34. The Morgan fingerprint density at radius 3 is 2.84 bits per heavy atom. The maximum atomic E-state index is 12.8. The molecule has 0 bridgehead atoms. The van der Waals surface area contributed by atoms with Crippen molar-refractivity contribution in [1.29, 1.82) is 0 Å². The third-order valence-electron chi connectivity index (χ3n) is 4.08. The van der Waals surface area contributed by atoms with Gasteiger partial charge in [-0.2, -0.15) is 13.2 Å². The van der Waals surface area contributed by atoms with E-state index in [1.165, 1.54) is 23.9 Å². The van der Waals surface area contributed by atoms with Crippen LogP contribution in [-0.4, -0.2) is 22.9 Å². The van der Waals surface area contributed by atoms with E-state index in [0.717, 1.165) is 29.0 Å². The van der Waals surface area contributed by atoms with Crippen LogP contribution in [-0.2, 0) is 16.7 Å². The molecule has 160 valence electrons. The maximum Gasteiger partial charge on any atom is 0.416 e. The third kappa shape index (κ3) is 5.56. The van der Waals surface area contributed by atoms with Gasteiger partial charge in [0.05, 0.1) is 5.56 Å². The van der Waals surface area contributed by atoms with E-state index in [9.17, 15) is 18.0 Å². The van der Waals surface area contributed by atoms with Crippen LogP contribution in [0.3, 0.4) is 0 Å². The molecule has 0 unspecified atom stereocenters. The Bertz CT molecular complexity index is 1130. The van der Waals surface area contributed by atoms with Gasteiger partial charge in [0.2, 0.25) is 17.8 Å². The number of benzene rings is 2. The number of hydrogen-bond acceptors (Lipinski definition) is 7. The Morgan fingerprint density at radius 2 is 2.00 bits per heavy atom. The lowest BCUT2D eigenvalue weighted by Crippen LogP contribution is -2.07. The molecule has 0 atom stereocenters. The second-order valence-electron chi connectivity index (χ2n) is 6.30. The van der Waals surface area contributed by atoms with Crippen molar-refractivity contribution < 1.29 is 27.4 Å². The number of amides is 1. The number of ether oxygens (including phenoxy) is 2. The summed E-state index contributed by atoms with van der Waals surface area (Å²) in [6.07, 6.45) is -1.40. The van der Waals surface area contributed by atoms with Gasteiger partial charge in [0.15, 0.2) is 15.8 Å². The van der Waals surface area contributed by atoms with Crippen molar-refractivity contribution in [3.63, 3.8) is 0 Å². The topological polar surface area (TPSA) is 73.3 Å². The number of nitrogens with zero attached hydrogens (tertiary/aromatic N) is 2. The first-order valence-corrected chi connectivity index (χ1v) is 10.7. The summed E-state index contributed by atoms with van der Waals surface area (Å²) in [5.74, 6) is 1.19. The summed E-state index contributed by atoms with van der Waals surface area (Å²) in [6.45, 7) is 0.175. The summed E-state index contributed by atoms with van der Waals surface area (Å²) in [5.41, 5.74) is 0.603. The predicted molar refractivity (Wildman–Crippen MR) is 111 cm³/mol. The monoisotopic (exact) mass is 465 g/mol. The second kappa shape index (κ2) is 8.98. The second-order valence-corrected chi connectivity index (χ2v) is 8.50. The fourth-order valence-electron chi connectivity index (χ4n) is 2.64. The minimum Gasteiger partial charge on any atom is -0.454 e. The molecule has 0 aliphatic carbocycles. The van der Waals surface area contributed by atoms with Gasteiger partial charge in [-0.3, -0.25) is 10.1 Å². The standard InChI is InChI=1S/C20H14F3N3O3S2/c21-20(22,23)14-3-1-2-13(8-14)10-30-19-26-25-18(31-19)24-17(27)7-5-12-4-6-15-16(9-12)29-11-28-15/h1-9H,10-11H2,(H,24,25,27)/b7-5-. The normalized spacial score (nSPS) is 13.0. The lowest BCUT2D eigenvalue weighted by atomic mass is 10.1. The van der Waals surface area contributed by atoms with Gasteiger partial charge in [0, 0.05) is 11.8 Å². The van der Waals surface area contributed by atoms with E-state index in [0.29, 0.717) is 32.3 Å². The number of carbonyl (C=O) groups is 1. The van der Waals surface area contributed by atoms with E-state index in [1.54, 1.807) is 30.3 Å². The van der Waals surface area contributed by atoms with Crippen molar-refractivity contribution in [2.45, 2.75) is 16.3 Å². The Balaban J connectivity index is 1.31. The molecule has 0 spiro atoms. The highest BCUT2D eigenvalue weighted by Gasteiger charge is 2.30. The van der Waals surface area contributed by atoms with Gasteiger partial charge in [0.1, 0.15) is 0 Å². The van der Waals surface area contributed by atoms with Crippen LogP contribution in [0.1, 0.15) is 16.7 Å². The van der Waals surface area contributed by atoms with Crippen molar-refractivity contribution in [3.8, 4) is 11.5 Å². The van der Waals surface area contributed by atoms with E-state index in [-0.39, 0.29) is 12.7 Å². The molecule has 11 heteroatoms. The first-order valence-electron chi connectivity index (χ1n) is 8.88. The minimum atomic E-state index is -4.38. The predicted octanol–water partition coefficient (Wildman–Crippen LogP) is 5.23. The van der Waals surface area contributed by atoms with Gasteiger partial charge in [-0.1, -0.05) is 47.4 Å². The molecule has 2 heterocycles. The molecule has 0 radical (unpaired) electrons. The third-order valence-corrected chi connectivity index (χ3v) is 6.12. The van der Waals surface area contributed by atoms with Crippen LogP contribution in [0.15, 0.2) is 52.9 Å². The fraction of sp³-hybridized carbons (Fsp3) is 0.150. The molecular weight excluding hydrogens is 451 g/mol. The molecule has 1 aliphatic rings. The first-order chi connectivity index (χ1) is 14.9. The SMILES string of the molecule is O=C(/C=C\c1ccc2c(c1)OCO2)Nc1nnc(SCc2cccc(C(F)(F)F)c2)s1. The first kappa shape index (κ1) is 21.2. The van der Waals surface area contributed by atoms with Crippen LogP contribution in [0.2, 0.25) is 0 Å². The molecule has 4 rings (SSSR count). The average Bonchev–Trinajstić information content (AvgIpc) is 3.39. The van der Waals surface area contributed by atoms with Crippen molar-refractivity contribution in [3.05, 3.63) is 65.2 Å². The number of hydrogen-bond donors (Lipinski definition) is 1. The fourth-order valence-corrected chi connectivity index (χ4v) is 4.33. The van der Waals surface area contributed by atoms with Crippen LogP contribution >= 0.6 is 23.1 Å². The van der Waals surface area contributed by atoms with Crippen molar-refractivity contribution in [2.24, 2.45) is 0 Å². The highest BCUT2D eigenvalue weighted by molar-refractivity contribution is 8.00. The number of carbonyl (C=O) groups excluding carboxylic acids is 1. The smallest absolute Gasteiger partial charge is 0.416 e. The van der Waals surface area contributed by atoms with E-state index in [1.807, 2.05) is 0 Å². The van der Waals surface area contributed by atoms with Gasteiger partial charge in [-0.15, -0.1) is 10.2 Å². The van der Waals surface area contributed by atoms with Crippen LogP contribution in [0.4, 0.5) is 18.3 Å². The molecular formula is C20H14F3N3O3S2. The van der Waals surface area contributed by atoms with Crippen LogP contribution < -0.4 is 14.8 Å². The van der Waals surface area contributed by atoms with Crippen LogP contribution in [0.25, 0.3) is 6.08 Å². The summed E-state index contributed by atoms with van der Waals surface area (Å²) in [7, 11) is 0. The molecule has 0 fully saturated rings. The van der Waals surface area contributed by atoms with Gasteiger partial charge in [-0.25, -0.2) is 0 Å². The van der Waals surface area contributed by atoms with E-state index in [2.05, 4.69) is 15.5 Å². The van der Waals surface area contributed by atoms with Gasteiger partial charge >= 0.3 is 6.18 Å². The Labute approximate surface area is 183 Å². The summed E-state index contributed by atoms with van der Waals surface area (Å²) < 4.78 is 49.5. The molecule has 0 saturated carbocycles. The quantitative estimate of drug-likeness (QED) is 0.305. The summed E-state index contributed by atoms with van der Waals surface area (Å²) >= 11 is 2.39. The molecule has 3 aromatic rings. The zero-order chi connectivity index (χ0) is 21.8. The molecule has 1 aromatic heterocycles. The Hall–Kier alpha value is -3.05. The summed E-state index contributed by atoms with van der Waals surface area (Å²) in [5, 5.41) is 10.8. The minimum absolute atomic E-state index is 0.175. The van der Waals surface area contributed by atoms with E-state index >= 15 is 0 Å². The number of fused-ring (bicyclic) bond motifs is 1. The number of halogens is 3. The molecule has 0 saturated heterocycles. The Morgan fingerprint density at radius 1 is 1.16 bits per heavy atom. The Kier molecular flexibility index (Phi) is 6.14. The number of anilines is 1. The number of aromatic nitrogens is 2. The van der Waals surface area contributed by atoms with Crippen molar-refractivity contribution in [1.82, 2.24) is 10.2 Å². The zero-order valence-electron chi connectivity index (χ0n) is 15.7. The van der Waals surface area contributed by atoms with E-state index in [4.69, 9.17) is 9.47 Å². The number of rotatable bonds is 6. The van der Waals surface area contributed by atoms with Crippen molar-refractivity contribution >= 4 is 40.2 Å². The molecule has 31 heavy (non-hydrogen) atoms. The van der Waals surface area contributed by atoms with Gasteiger partial charge in [0.25, 0.3) is 0 Å². The lowest BCUT2D eigenvalue weighted by Gasteiger charge is -2.07. The largest absolute Gasteiger partial charge is 0.454 e. The van der Waals surface area contributed by atoms with Crippen LogP contribution in [0.5, 0.6) is 11.5 Å². The molecule has 1 N–H and O–H groups in total. The number of thioether (sulfide) groups is 1. The van der Waals surface area contributed by atoms with Crippen LogP contribution in [0, 0.1) is 0 Å². The summed E-state index contributed by atoms with van der Waals surface area (Å²) in [6, 6.07) is 10.5. The summed E-state index contributed by atoms with van der Waals surface area (Å²) in [4.78, 5) is 12.1. The molecule has 1 aliphatic heterocycles. The molecule has 6 nitrogen and oxygen atoms in total. The number of alkyl halides is 3. The number of nitrogens with one attached hydrogen (secondary N) is 1. The lowest BCUT2D eigenvalue weighted by molar-refractivity contribution is -0.137. The molecule has 1 amide bonds. The maximum absolute atomic E-state index is 12.8. The van der Waals surface area contributed by atoms with Gasteiger partial charge < -0.3 is 9.47 Å². The average molecular weight is 465 g/mol. The van der Waals surface area contributed by atoms with E-state index < -0.39 is 11.7 Å². The van der Waals surface area contributed by atoms with Gasteiger partial charge in [-0.05, 0) is 35.4 Å². The van der Waals surface area contributed by atoms with Crippen molar-refractivity contribution in [2.75, 3.05) is 12.1 Å². The molecule has 2 aromatic carbocycles. The highest BCUT2D eigenvalue weighted by atomic mass is 32.2. The zero-order valence-corrected chi connectivity index (χ0v) is 17.3.